The first-order valence-electron chi connectivity index (χ1n) is 6.62. The number of benzene rings is 1. The van der Waals surface area contributed by atoms with E-state index < -0.39 is 0 Å². The summed E-state index contributed by atoms with van der Waals surface area (Å²) in [4.78, 5) is 11.6. The highest BCUT2D eigenvalue weighted by atomic mass is 35.5. The molecule has 19 heavy (non-hydrogen) atoms. The molecule has 1 amide bonds. The lowest BCUT2D eigenvalue weighted by atomic mass is 10.2. The SMILES string of the molecule is O=C(CCNc1cccc(Cl)c1)NCC1CCCO1. The molecule has 5 heteroatoms. The Balaban J connectivity index is 1.60. The van der Waals surface area contributed by atoms with Gasteiger partial charge in [-0.15, -0.1) is 0 Å². The summed E-state index contributed by atoms with van der Waals surface area (Å²) >= 11 is 5.88. The van der Waals surface area contributed by atoms with Crippen molar-refractivity contribution in [3.05, 3.63) is 29.3 Å². The first-order valence-corrected chi connectivity index (χ1v) is 6.99. The van der Waals surface area contributed by atoms with Gasteiger partial charge in [-0.3, -0.25) is 4.79 Å². The van der Waals surface area contributed by atoms with Crippen molar-refractivity contribution >= 4 is 23.2 Å². The Bertz CT molecular complexity index is 420. The molecule has 0 bridgehead atoms. The fraction of sp³-hybridized carbons (Fsp3) is 0.500. The molecular formula is C14H19ClN2O2. The molecule has 1 aliphatic heterocycles. The van der Waals surface area contributed by atoms with Crippen molar-refractivity contribution in [2.45, 2.75) is 25.4 Å². The normalized spacial score (nSPS) is 18.3. The van der Waals surface area contributed by atoms with E-state index in [4.69, 9.17) is 16.3 Å². The Morgan fingerprint density at radius 1 is 1.47 bits per heavy atom. The second kappa shape index (κ2) is 7.36. The monoisotopic (exact) mass is 282 g/mol. The largest absolute Gasteiger partial charge is 0.384 e. The van der Waals surface area contributed by atoms with Crippen molar-refractivity contribution in [2.75, 3.05) is 25.0 Å². The average molecular weight is 283 g/mol. The molecule has 1 fully saturated rings. The number of nitrogens with one attached hydrogen (secondary N) is 2. The fourth-order valence-corrected chi connectivity index (χ4v) is 2.23. The van der Waals surface area contributed by atoms with Crippen LogP contribution < -0.4 is 10.6 Å². The second-order valence-corrected chi connectivity index (χ2v) is 5.06. The van der Waals surface area contributed by atoms with E-state index in [9.17, 15) is 4.79 Å². The van der Waals surface area contributed by atoms with Crippen LogP contribution >= 0.6 is 11.6 Å². The predicted molar refractivity (Wildman–Crippen MR) is 76.5 cm³/mol. The minimum absolute atomic E-state index is 0.0463. The zero-order valence-electron chi connectivity index (χ0n) is 10.8. The molecule has 1 aliphatic rings. The van der Waals surface area contributed by atoms with Gasteiger partial charge in [-0.2, -0.15) is 0 Å². The lowest BCUT2D eigenvalue weighted by Gasteiger charge is -2.11. The quantitative estimate of drug-likeness (QED) is 0.843. The van der Waals surface area contributed by atoms with Gasteiger partial charge in [0.05, 0.1) is 6.10 Å². The van der Waals surface area contributed by atoms with Crippen molar-refractivity contribution in [1.82, 2.24) is 5.32 Å². The average Bonchev–Trinajstić information content (AvgIpc) is 2.89. The molecule has 1 aromatic rings. The van der Waals surface area contributed by atoms with Crippen LogP contribution in [0.2, 0.25) is 5.02 Å². The van der Waals surface area contributed by atoms with Crippen LogP contribution in [0.5, 0.6) is 0 Å². The van der Waals surface area contributed by atoms with Crippen LogP contribution in [-0.4, -0.2) is 31.7 Å². The maximum absolute atomic E-state index is 11.6. The summed E-state index contributed by atoms with van der Waals surface area (Å²) in [6, 6.07) is 7.46. The highest BCUT2D eigenvalue weighted by molar-refractivity contribution is 6.30. The number of rotatable bonds is 6. The van der Waals surface area contributed by atoms with Gasteiger partial charge in [0.1, 0.15) is 0 Å². The van der Waals surface area contributed by atoms with Crippen LogP contribution in [-0.2, 0) is 9.53 Å². The van der Waals surface area contributed by atoms with E-state index in [1.165, 1.54) is 0 Å². The molecule has 1 heterocycles. The number of halogens is 1. The van der Waals surface area contributed by atoms with Crippen molar-refractivity contribution in [1.29, 1.82) is 0 Å². The molecule has 4 nitrogen and oxygen atoms in total. The van der Waals surface area contributed by atoms with E-state index in [0.717, 1.165) is 25.1 Å². The zero-order chi connectivity index (χ0) is 13.5. The summed E-state index contributed by atoms with van der Waals surface area (Å²) in [7, 11) is 0. The summed E-state index contributed by atoms with van der Waals surface area (Å²) in [6.45, 7) is 2.03. The molecule has 104 valence electrons. The van der Waals surface area contributed by atoms with Crippen LogP contribution in [0.15, 0.2) is 24.3 Å². The summed E-state index contributed by atoms with van der Waals surface area (Å²) in [5.41, 5.74) is 0.930. The van der Waals surface area contributed by atoms with Gasteiger partial charge in [-0.05, 0) is 31.0 Å². The van der Waals surface area contributed by atoms with E-state index in [0.29, 0.717) is 24.5 Å². The van der Waals surface area contributed by atoms with Gasteiger partial charge in [-0.25, -0.2) is 0 Å². The number of amides is 1. The van der Waals surface area contributed by atoms with E-state index in [-0.39, 0.29) is 12.0 Å². The van der Waals surface area contributed by atoms with Crippen molar-refractivity contribution in [3.63, 3.8) is 0 Å². The highest BCUT2D eigenvalue weighted by Crippen LogP contribution is 2.14. The molecule has 0 spiro atoms. The molecule has 1 aromatic carbocycles. The predicted octanol–water partition coefficient (Wildman–Crippen LogP) is 2.44. The maximum Gasteiger partial charge on any atom is 0.221 e. The van der Waals surface area contributed by atoms with E-state index >= 15 is 0 Å². The Kier molecular flexibility index (Phi) is 5.48. The molecule has 0 aliphatic carbocycles. The van der Waals surface area contributed by atoms with Crippen molar-refractivity contribution < 1.29 is 9.53 Å². The van der Waals surface area contributed by atoms with E-state index in [2.05, 4.69) is 10.6 Å². The molecule has 1 saturated heterocycles. The zero-order valence-corrected chi connectivity index (χ0v) is 11.6. The lowest BCUT2D eigenvalue weighted by Crippen LogP contribution is -2.32. The number of hydrogen-bond acceptors (Lipinski definition) is 3. The summed E-state index contributed by atoms with van der Waals surface area (Å²) in [6.07, 6.45) is 2.78. The summed E-state index contributed by atoms with van der Waals surface area (Å²) in [5, 5.41) is 6.75. The first-order chi connectivity index (χ1) is 9.24. The minimum Gasteiger partial charge on any atom is -0.384 e. The Morgan fingerprint density at radius 3 is 3.11 bits per heavy atom. The number of hydrogen-bond donors (Lipinski definition) is 2. The van der Waals surface area contributed by atoms with Crippen molar-refractivity contribution in [3.8, 4) is 0 Å². The third-order valence-electron chi connectivity index (χ3n) is 3.06. The Hall–Kier alpha value is -1.26. The maximum atomic E-state index is 11.6. The smallest absolute Gasteiger partial charge is 0.221 e. The molecular weight excluding hydrogens is 264 g/mol. The van der Waals surface area contributed by atoms with E-state index in [1.807, 2.05) is 24.3 Å². The first kappa shape index (κ1) is 14.2. The Labute approximate surface area is 118 Å². The van der Waals surface area contributed by atoms with Gasteiger partial charge in [-0.1, -0.05) is 17.7 Å². The Morgan fingerprint density at radius 2 is 2.37 bits per heavy atom. The molecule has 1 atom stereocenters. The number of carbonyl (C=O) groups excluding carboxylic acids is 1. The van der Waals surface area contributed by atoms with Gasteiger partial charge in [0.2, 0.25) is 5.91 Å². The van der Waals surface area contributed by atoms with E-state index in [1.54, 1.807) is 0 Å². The van der Waals surface area contributed by atoms with Gasteiger partial charge < -0.3 is 15.4 Å². The third-order valence-corrected chi connectivity index (χ3v) is 3.29. The van der Waals surface area contributed by atoms with Crippen LogP contribution in [0, 0.1) is 0 Å². The van der Waals surface area contributed by atoms with Crippen LogP contribution in [0.4, 0.5) is 5.69 Å². The van der Waals surface area contributed by atoms with Crippen LogP contribution in [0.25, 0.3) is 0 Å². The molecule has 0 radical (unpaired) electrons. The second-order valence-electron chi connectivity index (χ2n) is 4.63. The fourth-order valence-electron chi connectivity index (χ4n) is 2.04. The van der Waals surface area contributed by atoms with Gasteiger partial charge in [0.25, 0.3) is 0 Å². The number of anilines is 1. The van der Waals surface area contributed by atoms with Crippen LogP contribution in [0.3, 0.4) is 0 Å². The topological polar surface area (TPSA) is 50.4 Å². The van der Waals surface area contributed by atoms with Gasteiger partial charge in [0, 0.05) is 36.8 Å². The third kappa shape index (κ3) is 5.09. The number of carbonyl (C=O) groups is 1. The highest BCUT2D eigenvalue weighted by Gasteiger charge is 2.15. The molecule has 1 unspecified atom stereocenters. The molecule has 2 rings (SSSR count). The minimum atomic E-state index is 0.0463. The summed E-state index contributed by atoms with van der Waals surface area (Å²) < 4.78 is 5.45. The van der Waals surface area contributed by atoms with Gasteiger partial charge >= 0.3 is 0 Å². The van der Waals surface area contributed by atoms with Crippen molar-refractivity contribution in [2.24, 2.45) is 0 Å². The molecule has 2 N–H and O–H groups in total. The lowest BCUT2D eigenvalue weighted by molar-refractivity contribution is -0.121. The van der Waals surface area contributed by atoms with Crippen LogP contribution in [0.1, 0.15) is 19.3 Å². The van der Waals surface area contributed by atoms with Gasteiger partial charge in [0.15, 0.2) is 0 Å². The molecule has 0 aromatic heterocycles. The standard InChI is InChI=1S/C14H19ClN2O2/c15-11-3-1-4-12(9-11)16-7-6-14(18)17-10-13-5-2-8-19-13/h1,3-4,9,13,16H,2,5-8,10H2,(H,17,18). The summed E-state index contributed by atoms with van der Waals surface area (Å²) in [5.74, 6) is 0.0463. The number of ether oxygens (including phenoxy) is 1. The molecule has 0 saturated carbocycles.